The van der Waals surface area contributed by atoms with Gasteiger partial charge in [0.15, 0.2) is 5.78 Å². The topological polar surface area (TPSA) is 85.0 Å². The van der Waals surface area contributed by atoms with E-state index in [1.807, 2.05) is 29.2 Å². The molecule has 0 bridgehead atoms. The zero-order chi connectivity index (χ0) is 19.2. The molecule has 0 N–H and O–H groups in total. The van der Waals surface area contributed by atoms with Gasteiger partial charge in [-0.2, -0.15) is 0 Å². The molecule has 0 aromatic heterocycles. The van der Waals surface area contributed by atoms with E-state index in [-0.39, 0.29) is 18.0 Å². The van der Waals surface area contributed by atoms with Crippen LogP contribution in [0.25, 0.3) is 0 Å². The van der Waals surface area contributed by atoms with E-state index < -0.39 is 4.92 Å². The molecule has 0 unspecified atom stereocenters. The molecule has 140 valence electrons. The predicted octanol–water partition coefficient (Wildman–Crippen LogP) is 3.88. The Bertz CT molecular complexity index is 845. The van der Waals surface area contributed by atoms with E-state index in [4.69, 9.17) is 4.74 Å². The summed E-state index contributed by atoms with van der Waals surface area (Å²) in [5.74, 6) is 1.52. The Morgan fingerprint density at radius 2 is 1.85 bits per heavy atom. The van der Waals surface area contributed by atoms with E-state index in [9.17, 15) is 14.9 Å². The molecular weight excluding hydrogens is 346 g/mol. The first-order valence-corrected chi connectivity index (χ1v) is 8.81. The van der Waals surface area contributed by atoms with Crippen molar-refractivity contribution in [3.63, 3.8) is 0 Å². The first kappa shape index (κ1) is 18.6. The molecule has 1 aliphatic heterocycles. The molecule has 0 aliphatic carbocycles. The number of nitro benzene ring substituents is 1. The highest BCUT2D eigenvalue weighted by molar-refractivity contribution is 6.07. The number of non-ortho nitro benzene ring substituents is 1. The number of Topliss-reactive ketones (excluding diaryl/α,β-unsaturated/α-hetero) is 1. The predicted molar refractivity (Wildman–Crippen MR) is 104 cm³/mol. The second-order valence-electron chi connectivity index (χ2n) is 6.27. The van der Waals surface area contributed by atoms with Crippen molar-refractivity contribution in [1.29, 1.82) is 0 Å². The van der Waals surface area contributed by atoms with Crippen LogP contribution in [0.15, 0.2) is 53.5 Å². The van der Waals surface area contributed by atoms with Crippen molar-refractivity contribution in [2.75, 3.05) is 25.1 Å². The Labute approximate surface area is 157 Å². The summed E-state index contributed by atoms with van der Waals surface area (Å²) in [6.07, 6.45) is 2.91. The molecule has 0 atom stereocenters. The zero-order valence-corrected chi connectivity index (χ0v) is 15.1. The van der Waals surface area contributed by atoms with Gasteiger partial charge in [-0.1, -0.05) is 0 Å². The van der Waals surface area contributed by atoms with Crippen molar-refractivity contribution < 1.29 is 14.5 Å². The van der Waals surface area contributed by atoms with Gasteiger partial charge in [0, 0.05) is 36.3 Å². The second-order valence-corrected chi connectivity index (χ2v) is 6.27. The number of aliphatic imine (C=N–C) groups is 1. The maximum Gasteiger partial charge on any atom is 0.269 e. The van der Waals surface area contributed by atoms with E-state index in [2.05, 4.69) is 4.99 Å². The normalized spacial score (nSPS) is 13.6. The molecule has 2 aromatic rings. The van der Waals surface area contributed by atoms with Crippen LogP contribution in [0, 0.1) is 10.1 Å². The lowest BCUT2D eigenvalue weighted by Gasteiger charge is -2.28. The van der Waals surface area contributed by atoms with E-state index in [0.717, 1.165) is 43.1 Å². The smallest absolute Gasteiger partial charge is 0.269 e. The Morgan fingerprint density at radius 3 is 2.41 bits per heavy atom. The van der Waals surface area contributed by atoms with Crippen molar-refractivity contribution in [2.24, 2.45) is 4.99 Å². The van der Waals surface area contributed by atoms with E-state index >= 15 is 0 Å². The number of methoxy groups -OCH3 is 1. The van der Waals surface area contributed by atoms with Crippen LogP contribution in [-0.4, -0.2) is 36.7 Å². The molecule has 2 aromatic carbocycles. The van der Waals surface area contributed by atoms with E-state index in [0.29, 0.717) is 5.56 Å². The van der Waals surface area contributed by atoms with Crippen LogP contribution < -0.4 is 9.64 Å². The van der Waals surface area contributed by atoms with Gasteiger partial charge in [0.1, 0.15) is 11.6 Å². The van der Waals surface area contributed by atoms with Crippen LogP contribution >= 0.6 is 0 Å². The van der Waals surface area contributed by atoms with Gasteiger partial charge in [-0.05, 0) is 49.2 Å². The highest BCUT2D eigenvalue weighted by Gasteiger charge is 2.20. The average molecular weight is 367 g/mol. The maximum atomic E-state index is 12.8. The van der Waals surface area contributed by atoms with Crippen LogP contribution in [0.3, 0.4) is 0 Å². The number of nitro groups is 1. The number of carbonyl (C=O) groups is 1. The Hall–Kier alpha value is -3.22. The van der Waals surface area contributed by atoms with Crippen LogP contribution in [0.1, 0.15) is 29.6 Å². The molecule has 0 amide bonds. The van der Waals surface area contributed by atoms with Gasteiger partial charge in [-0.3, -0.25) is 19.9 Å². The van der Waals surface area contributed by atoms with Crippen LogP contribution in [0.2, 0.25) is 0 Å². The molecule has 27 heavy (non-hydrogen) atoms. The summed E-state index contributed by atoms with van der Waals surface area (Å²) >= 11 is 0. The fraction of sp³-hybridized carbons (Fsp3) is 0.300. The summed E-state index contributed by atoms with van der Waals surface area (Å²) in [4.78, 5) is 29.6. The molecule has 0 saturated carbocycles. The first-order chi connectivity index (χ1) is 13.1. The summed E-state index contributed by atoms with van der Waals surface area (Å²) in [7, 11) is 1.61. The number of rotatable bonds is 6. The van der Waals surface area contributed by atoms with Crippen molar-refractivity contribution in [3.05, 3.63) is 64.2 Å². The van der Waals surface area contributed by atoms with E-state index in [1.165, 1.54) is 24.3 Å². The summed E-state index contributed by atoms with van der Waals surface area (Å²) in [6.45, 7) is 0.886. The minimum absolute atomic E-state index is 0.0322. The maximum absolute atomic E-state index is 12.8. The summed E-state index contributed by atoms with van der Waals surface area (Å²) in [5, 5.41) is 10.8. The SMILES string of the molecule is COc1ccc(N(CC(=O)c2ccc([N+](=O)[O-])cc2)C2=NCCCC2)cc1. The molecule has 0 spiro atoms. The zero-order valence-electron chi connectivity index (χ0n) is 15.1. The quantitative estimate of drug-likeness (QED) is 0.439. The Kier molecular flexibility index (Phi) is 5.80. The van der Waals surface area contributed by atoms with Gasteiger partial charge in [-0.15, -0.1) is 0 Å². The van der Waals surface area contributed by atoms with Gasteiger partial charge in [0.05, 0.1) is 18.6 Å². The van der Waals surface area contributed by atoms with Crippen LogP contribution in [0.5, 0.6) is 5.75 Å². The van der Waals surface area contributed by atoms with Crippen LogP contribution in [-0.2, 0) is 0 Å². The lowest BCUT2D eigenvalue weighted by atomic mass is 10.1. The van der Waals surface area contributed by atoms with Crippen molar-refractivity contribution in [2.45, 2.75) is 19.3 Å². The third-order valence-corrected chi connectivity index (χ3v) is 4.50. The number of nitrogens with zero attached hydrogens (tertiary/aromatic N) is 3. The number of ketones is 1. The van der Waals surface area contributed by atoms with Gasteiger partial charge in [0.25, 0.3) is 5.69 Å². The number of hydrogen-bond acceptors (Lipinski definition) is 6. The van der Waals surface area contributed by atoms with Gasteiger partial charge < -0.3 is 9.64 Å². The molecule has 1 heterocycles. The lowest BCUT2D eigenvalue weighted by Crippen LogP contribution is -2.37. The molecule has 3 rings (SSSR count). The molecule has 0 radical (unpaired) electrons. The minimum Gasteiger partial charge on any atom is -0.497 e. The van der Waals surface area contributed by atoms with Crippen molar-refractivity contribution >= 4 is 23.0 Å². The molecule has 0 fully saturated rings. The van der Waals surface area contributed by atoms with Crippen molar-refractivity contribution in [1.82, 2.24) is 0 Å². The average Bonchev–Trinajstić information content (AvgIpc) is 2.72. The fourth-order valence-electron chi connectivity index (χ4n) is 3.00. The molecule has 7 heteroatoms. The van der Waals surface area contributed by atoms with Gasteiger partial charge >= 0.3 is 0 Å². The molecular formula is C20H21N3O4. The fourth-order valence-corrected chi connectivity index (χ4v) is 3.00. The highest BCUT2D eigenvalue weighted by atomic mass is 16.6. The highest BCUT2D eigenvalue weighted by Crippen LogP contribution is 2.23. The van der Waals surface area contributed by atoms with Gasteiger partial charge in [-0.25, -0.2) is 0 Å². The molecule has 1 aliphatic rings. The third-order valence-electron chi connectivity index (χ3n) is 4.50. The van der Waals surface area contributed by atoms with Gasteiger partial charge in [0.2, 0.25) is 0 Å². The lowest BCUT2D eigenvalue weighted by molar-refractivity contribution is -0.384. The third kappa shape index (κ3) is 4.49. The number of amidine groups is 1. The number of carbonyl (C=O) groups excluding carboxylic acids is 1. The summed E-state index contributed by atoms with van der Waals surface area (Å²) < 4.78 is 5.20. The summed E-state index contributed by atoms with van der Waals surface area (Å²) in [6, 6.07) is 13.2. The number of hydrogen-bond donors (Lipinski definition) is 0. The number of anilines is 1. The number of benzene rings is 2. The standard InChI is InChI=1S/C20H21N3O4/c1-27-18-11-9-16(10-12-18)22(20-4-2-3-13-21-20)14-19(24)15-5-7-17(8-6-15)23(25)26/h5-12H,2-4,13-14H2,1H3. The monoisotopic (exact) mass is 367 g/mol. The molecule has 0 saturated heterocycles. The van der Waals surface area contributed by atoms with Crippen LogP contribution in [0.4, 0.5) is 11.4 Å². The van der Waals surface area contributed by atoms with Crippen molar-refractivity contribution in [3.8, 4) is 5.75 Å². The first-order valence-electron chi connectivity index (χ1n) is 8.81. The summed E-state index contributed by atoms with van der Waals surface area (Å²) in [5.41, 5.74) is 1.28. The largest absolute Gasteiger partial charge is 0.497 e. The second kappa shape index (κ2) is 8.44. The Balaban J connectivity index is 1.84. The van der Waals surface area contributed by atoms with E-state index in [1.54, 1.807) is 7.11 Å². The Morgan fingerprint density at radius 1 is 1.15 bits per heavy atom. The number of ether oxygens (including phenoxy) is 1. The molecule has 7 nitrogen and oxygen atoms in total. The minimum atomic E-state index is -0.478.